The predicted molar refractivity (Wildman–Crippen MR) is 127 cm³/mol. The van der Waals surface area contributed by atoms with Crippen molar-refractivity contribution in [3.8, 4) is 10.6 Å². The molecule has 5 aliphatic rings. The van der Waals surface area contributed by atoms with Crippen molar-refractivity contribution in [3.05, 3.63) is 35.3 Å². The highest BCUT2D eigenvalue weighted by molar-refractivity contribution is 7.13. The third-order valence-corrected chi connectivity index (χ3v) is 9.10. The second kappa shape index (κ2) is 8.54. The summed E-state index contributed by atoms with van der Waals surface area (Å²) in [6, 6.07) is 8.21. The first kappa shape index (κ1) is 20.8. The molecule has 2 aromatic rings. The SMILES string of the molecule is O=C(CC12CC3CC(CC(C3)C1)C2)Nc1ccc(-c2nc(CN3CCOCC3)cs2)cc1. The van der Waals surface area contributed by atoms with E-state index in [2.05, 4.69) is 27.7 Å². The number of rotatable bonds is 6. The van der Waals surface area contributed by atoms with Gasteiger partial charge in [0.2, 0.25) is 5.91 Å². The van der Waals surface area contributed by atoms with Crippen LogP contribution in [-0.2, 0) is 16.1 Å². The van der Waals surface area contributed by atoms with Crippen molar-refractivity contribution in [2.75, 3.05) is 31.6 Å². The summed E-state index contributed by atoms with van der Waals surface area (Å²) in [6.45, 7) is 4.47. The van der Waals surface area contributed by atoms with Crippen molar-refractivity contribution in [2.45, 2.75) is 51.5 Å². The Bertz CT molecular complexity index is 928. The van der Waals surface area contributed by atoms with Crippen molar-refractivity contribution < 1.29 is 9.53 Å². The lowest BCUT2D eigenvalue weighted by Gasteiger charge is -2.56. The molecular formula is C26H33N3O2S. The Kier molecular flexibility index (Phi) is 5.56. The molecule has 0 atom stereocenters. The van der Waals surface area contributed by atoms with Gasteiger partial charge >= 0.3 is 0 Å². The number of benzene rings is 1. The fourth-order valence-electron chi connectivity index (χ4n) is 7.25. The number of ether oxygens (including phenoxy) is 1. The first-order valence-corrected chi connectivity index (χ1v) is 13.2. The maximum atomic E-state index is 12.9. The van der Waals surface area contributed by atoms with Crippen molar-refractivity contribution in [3.63, 3.8) is 0 Å². The lowest BCUT2D eigenvalue weighted by Crippen LogP contribution is -2.47. The minimum Gasteiger partial charge on any atom is -0.379 e. The van der Waals surface area contributed by atoms with Crippen LogP contribution < -0.4 is 5.32 Å². The van der Waals surface area contributed by atoms with E-state index in [4.69, 9.17) is 9.72 Å². The Balaban J connectivity index is 1.06. The smallest absolute Gasteiger partial charge is 0.224 e. The second-order valence-electron chi connectivity index (χ2n) is 10.8. The Hall–Kier alpha value is -1.76. The van der Waals surface area contributed by atoms with E-state index in [0.29, 0.717) is 6.42 Å². The highest BCUT2D eigenvalue weighted by atomic mass is 32.1. The first-order valence-electron chi connectivity index (χ1n) is 12.3. The van der Waals surface area contributed by atoms with Crippen molar-refractivity contribution in [1.29, 1.82) is 0 Å². The van der Waals surface area contributed by atoms with Gasteiger partial charge in [0.05, 0.1) is 18.9 Å². The summed E-state index contributed by atoms with van der Waals surface area (Å²) in [4.78, 5) is 20.1. The van der Waals surface area contributed by atoms with E-state index in [1.54, 1.807) is 11.3 Å². The molecule has 32 heavy (non-hydrogen) atoms. The summed E-state index contributed by atoms with van der Waals surface area (Å²) in [5.41, 5.74) is 3.42. The molecule has 1 aromatic carbocycles. The minimum atomic E-state index is 0.196. The van der Waals surface area contributed by atoms with Gasteiger partial charge in [0.25, 0.3) is 0 Å². The topological polar surface area (TPSA) is 54.5 Å². The van der Waals surface area contributed by atoms with Crippen LogP contribution in [0.5, 0.6) is 0 Å². The molecule has 4 saturated carbocycles. The van der Waals surface area contributed by atoms with Gasteiger partial charge in [-0.15, -0.1) is 11.3 Å². The summed E-state index contributed by atoms with van der Waals surface area (Å²) in [5.74, 6) is 2.86. The average Bonchev–Trinajstić information content (AvgIpc) is 3.22. The molecule has 5 fully saturated rings. The number of anilines is 1. The number of nitrogens with zero attached hydrogens (tertiary/aromatic N) is 2. The van der Waals surface area contributed by atoms with Gasteiger partial charge in [-0.25, -0.2) is 4.98 Å². The van der Waals surface area contributed by atoms with E-state index >= 15 is 0 Å². The fraction of sp³-hybridized carbons (Fsp3) is 0.615. The zero-order chi connectivity index (χ0) is 21.5. The van der Waals surface area contributed by atoms with Crippen LogP contribution in [-0.4, -0.2) is 42.1 Å². The molecular weight excluding hydrogens is 418 g/mol. The van der Waals surface area contributed by atoms with Crippen LogP contribution in [0.1, 0.15) is 50.6 Å². The molecule has 1 aliphatic heterocycles. The van der Waals surface area contributed by atoms with Crippen molar-refractivity contribution in [1.82, 2.24) is 9.88 Å². The quantitative estimate of drug-likeness (QED) is 0.657. The van der Waals surface area contributed by atoms with Crippen LogP contribution in [0.4, 0.5) is 5.69 Å². The van der Waals surface area contributed by atoms with Gasteiger partial charge < -0.3 is 10.1 Å². The molecule has 170 valence electrons. The summed E-state index contributed by atoms with van der Waals surface area (Å²) >= 11 is 1.69. The number of hydrogen-bond donors (Lipinski definition) is 1. The van der Waals surface area contributed by atoms with E-state index in [1.807, 2.05) is 12.1 Å². The molecule has 5 nitrogen and oxygen atoms in total. The predicted octanol–water partition coefficient (Wildman–Crippen LogP) is 5.19. The molecule has 1 amide bonds. The molecule has 4 aliphatic carbocycles. The Morgan fingerprint density at radius 2 is 1.72 bits per heavy atom. The summed E-state index contributed by atoms with van der Waals surface area (Å²) in [6.07, 6.45) is 8.82. The molecule has 6 heteroatoms. The number of carbonyl (C=O) groups excluding carboxylic acids is 1. The van der Waals surface area contributed by atoms with E-state index in [0.717, 1.165) is 72.6 Å². The maximum absolute atomic E-state index is 12.9. The number of hydrogen-bond acceptors (Lipinski definition) is 5. The number of aromatic nitrogens is 1. The second-order valence-corrected chi connectivity index (χ2v) is 11.6. The van der Waals surface area contributed by atoms with Crippen molar-refractivity contribution in [2.24, 2.45) is 23.2 Å². The standard InChI is InChI=1S/C26H33N3O2S/c30-24(15-26-12-18-9-19(13-26)11-20(10-18)14-26)27-22-3-1-21(2-4-22)25-28-23(17-32-25)16-29-5-7-31-8-6-29/h1-4,17-20H,5-16H2,(H,27,30). The van der Waals surface area contributed by atoms with Gasteiger partial charge in [-0.1, -0.05) is 0 Å². The molecule has 7 rings (SSSR count). The summed E-state index contributed by atoms with van der Waals surface area (Å²) < 4.78 is 5.43. The molecule has 0 spiro atoms. The Labute approximate surface area is 194 Å². The van der Waals surface area contributed by atoms with Gasteiger partial charge in [-0.2, -0.15) is 0 Å². The summed E-state index contributed by atoms with van der Waals surface area (Å²) in [7, 11) is 0. The molecule has 0 unspecified atom stereocenters. The van der Waals surface area contributed by atoms with E-state index in [1.165, 1.54) is 38.5 Å². The molecule has 0 radical (unpaired) electrons. The molecule has 4 bridgehead atoms. The number of amides is 1. The van der Waals surface area contributed by atoms with Gasteiger partial charge in [-0.3, -0.25) is 9.69 Å². The lowest BCUT2D eigenvalue weighted by molar-refractivity contribution is -0.124. The highest BCUT2D eigenvalue weighted by Crippen LogP contribution is 2.61. The Morgan fingerprint density at radius 3 is 2.38 bits per heavy atom. The third kappa shape index (κ3) is 4.37. The van der Waals surface area contributed by atoms with Crippen LogP contribution in [0, 0.1) is 23.2 Å². The number of nitrogens with one attached hydrogen (secondary N) is 1. The largest absolute Gasteiger partial charge is 0.379 e. The van der Waals surface area contributed by atoms with E-state index < -0.39 is 0 Å². The van der Waals surface area contributed by atoms with Gasteiger partial charge in [0.1, 0.15) is 5.01 Å². The number of morpholine rings is 1. The minimum absolute atomic E-state index is 0.196. The fourth-order valence-corrected chi connectivity index (χ4v) is 8.07. The van der Waals surface area contributed by atoms with Gasteiger partial charge in [0, 0.05) is 42.7 Å². The number of thiazole rings is 1. The summed E-state index contributed by atoms with van der Waals surface area (Å²) in [5, 5.41) is 6.38. The zero-order valence-corrected chi connectivity index (χ0v) is 19.5. The first-order chi connectivity index (χ1) is 15.6. The van der Waals surface area contributed by atoms with E-state index in [9.17, 15) is 4.79 Å². The van der Waals surface area contributed by atoms with Crippen LogP contribution in [0.25, 0.3) is 10.6 Å². The third-order valence-electron chi connectivity index (χ3n) is 8.16. The van der Waals surface area contributed by atoms with Crippen molar-refractivity contribution >= 4 is 22.9 Å². The lowest BCUT2D eigenvalue weighted by atomic mass is 9.49. The Morgan fingerprint density at radius 1 is 1.06 bits per heavy atom. The van der Waals surface area contributed by atoms with E-state index in [-0.39, 0.29) is 11.3 Å². The molecule has 1 N–H and O–H groups in total. The van der Waals surface area contributed by atoms with Gasteiger partial charge in [-0.05, 0) is 86.0 Å². The average molecular weight is 452 g/mol. The van der Waals surface area contributed by atoms with Crippen LogP contribution in [0.3, 0.4) is 0 Å². The van der Waals surface area contributed by atoms with Gasteiger partial charge in [0.15, 0.2) is 0 Å². The monoisotopic (exact) mass is 451 g/mol. The number of carbonyl (C=O) groups is 1. The zero-order valence-electron chi connectivity index (χ0n) is 18.7. The van der Waals surface area contributed by atoms with Crippen LogP contribution in [0.15, 0.2) is 29.6 Å². The van der Waals surface area contributed by atoms with Crippen LogP contribution >= 0.6 is 11.3 Å². The molecule has 2 heterocycles. The molecule has 1 aromatic heterocycles. The highest BCUT2D eigenvalue weighted by Gasteiger charge is 2.51. The normalized spacial score (nSPS) is 31.7. The maximum Gasteiger partial charge on any atom is 0.224 e. The van der Waals surface area contributed by atoms with Crippen LogP contribution in [0.2, 0.25) is 0 Å². The molecule has 1 saturated heterocycles.